The van der Waals surface area contributed by atoms with Crippen LogP contribution in [0.25, 0.3) is 0 Å². The van der Waals surface area contributed by atoms with Gasteiger partial charge in [-0.05, 0) is 32.1 Å². The average molecular weight is 423 g/mol. The summed E-state index contributed by atoms with van der Waals surface area (Å²) in [5.74, 6) is -1.97. The van der Waals surface area contributed by atoms with Gasteiger partial charge < -0.3 is 24.7 Å². The third kappa shape index (κ3) is 15.7. The first-order valence-corrected chi connectivity index (χ1v) is 12.7. The Morgan fingerprint density at radius 1 is 0.821 bits per heavy atom. The summed E-state index contributed by atoms with van der Waals surface area (Å²) in [5.41, 5.74) is 0. The quantitative estimate of drug-likeness (QED) is 0.126. The maximum Gasteiger partial charge on any atom is 0.359 e. The van der Waals surface area contributed by atoms with Crippen LogP contribution in [0, 0.1) is 0 Å². The van der Waals surface area contributed by atoms with E-state index in [0.717, 1.165) is 25.7 Å². The van der Waals surface area contributed by atoms with Gasteiger partial charge in [-0.1, -0.05) is 76.9 Å². The van der Waals surface area contributed by atoms with Crippen molar-refractivity contribution in [2.24, 2.45) is 0 Å². The molecule has 0 fully saturated rings. The van der Waals surface area contributed by atoms with Crippen LogP contribution in [-0.2, 0) is 9.09 Å². The van der Waals surface area contributed by atoms with Crippen molar-refractivity contribution in [2.75, 3.05) is 13.2 Å². The van der Waals surface area contributed by atoms with Crippen molar-refractivity contribution in [3.63, 3.8) is 0 Å². The van der Waals surface area contributed by atoms with Crippen LogP contribution in [0.4, 0.5) is 0 Å². The van der Waals surface area contributed by atoms with Crippen LogP contribution in [0.15, 0.2) is 12.2 Å². The molecule has 0 heterocycles. The molecule has 0 saturated heterocycles. The summed E-state index contributed by atoms with van der Waals surface area (Å²) in [6.45, 7) is 1.52. The molecule has 3 atom stereocenters. The molecule has 0 rings (SSSR count). The van der Waals surface area contributed by atoms with Gasteiger partial charge in [0.15, 0.2) is 5.85 Å². The van der Waals surface area contributed by atoms with Crippen LogP contribution < -0.4 is 0 Å². The molecule has 0 bridgehead atoms. The predicted molar refractivity (Wildman–Crippen MR) is 114 cm³/mol. The van der Waals surface area contributed by atoms with E-state index in [-0.39, 0.29) is 6.61 Å². The van der Waals surface area contributed by atoms with Crippen LogP contribution in [0.3, 0.4) is 0 Å². The minimum atomic E-state index is -4.31. The summed E-state index contributed by atoms with van der Waals surface area (Å²) in [7, 11) is -4.31. The van der Waals surface area contributed by atoms with Crippen LogP contribution >= 0.6 is 7.60 Å². The van der Waals surface area contributed by atoms with Gasteiger partial charge in [-0.3, -0.25) is 4.57 Å². The van der Waals surface area contributed by atoms with Gasteiger partial charge in [0.05, 0.1) is 13.2 Å². The first kappa shape index (κ1) is 27.8. The molecule has 4 N–H and O–H groups in total. The number of hydrogen-bond donors (Lipinski definition) is 4. The highest BCUT2D eigenvalue weighted by Gasteiger charge is 2.36. The highest BCUT2D eigenvalue weighted by atomic mass is 31.2. The van der Waals surface area contributed by atoms with E-state index in [2.05, 4.69) is 19.1 Å². The summed E-state index contributed by atoms with van der Waals surface area (Å²) in [6.07, 6.45) is 19.4. The molecule has 6 nitrogen and oxygen atoms in total. The first-order valence-electron chi connectivity index (χ1n) is 11.0. The monoisotopic (exact) mass is 422 g/mol. The second-order valence-electron chi connectivity index (χ2n) is 7.50. The number of allylic oxidation sites excluding steroid dienone is 2. The standard InChI is InChI=1S/C21H43O6P/c1-2-3-4-5-6-7-8-9-10-11-12-13-14-15-16-17-18-27-28(25,26)21(24)20(23)19-22/h9-10,20-24H,2-8,11-19H2,1H3,(H,25,26)/b10-9-/t20-,21?/m0/s1. The van der Waals surface area contributed by atoms with Crippen molar-refractivity contribution in [1.82, 2.24) is 0 Å². The third-order valence-corrected chi connectivity index (χ3v) is 6.36. The lowest BCUT2D eigenvalue weighted by Gasteiger charge is -2.21. The normalized spacial score (nSPS) is 16.3. The van der Waals surface area contributed by atoms with Crippen LogP contribution in [0.5, 0.6) is 0 Å². The molecule has 28 heavy (non-hydrogen) atoms. The fourth-order valence-corrected chi connectivity index (χ4v) is 4.01. The van der Waals surface area contributed by atoms with Gasteiger partial charge >= 0.3 is 7.60 Å². The van der Waals surface area contributed by atoms with E-state index < -0.39 is 26.2 Å². The summed E-state index contributed by atoms with van der Waals surface area (Å²) >= 11 is 0. The molecule has 168 valence electrons. The molecule has 0 aliphatic rings. The van der Waals surface area contributed by atoms with Crippen LogP contribution in [0.2, 0.25) is 0 Å². The van der Waals surface area contributed by atoms with Gasteiger partial charge in [0.2, 0.25) is 0 Å². The molecule has 0 aliphatic heterocycles. The van der Waals surface area contributed by atoms with E-state index in [1.54, 1.807) is 0 Å². The van der Waals surface area contributed by atoms with Gasteiger partial charge in [-0.25, -0.2) is 0 Å². The lowest BCUT2D eigenvalue weighted by Crippen LogP contribution is -2.29. The van der Waals surface area contributed by atoms with E-state index in [4.69, 9.17) is 9.63 Å². The van der Waals surface area contributed by atoms with Crippen molar-refractivity contribution < 1.29 is 29.3 Å². The van der Waals surface area contributed by atoms with E-state index >= 15 is 0 Å². The largest absolute Gasteiger partial charge is 0.394 e. The number of hydrogen-bond acceptors (Lipinski definition) is 5. The van der Waals surface area contributed by atoms with Gasteiger partial charge in [0.25, 0.3) is 0 Å². The highest BCUT2D eigenvalue weighted by molar-refractivity contribution is 7.53. The molecule has 0 radical (unpaired) electrons. The van der Waals surface area contributed by atoms with Crippen LogP contribution in [-0.4, -0.2) is 45.4 Å². The van der Waals surface area contributed by atoms with Gasteiger partial charge in [0, 0.05) is 0 Å². The number of aliphatic hydroxyl groups excluding tert-OH is 3. The maximum atomic E-state index is 11.7. The van der Waals surface area contributed by atoms with Crippen molar-refractivity contribution >= 4 is 7.60 Å². The Morgan fingerprint density at radius 3 is 1.79 bits per heavy atom. The molecule has 0 saturated carbocycles. The second-order valence-corrected chi connectivity index (χ2v) is 9.41. The molecule has 0 aromatic carbocycles. The number of unbranched alkanes of at least 4 members (excludes halogenated alkanes) is 12. The maximum absolute atomic E-state index is 11.7. The fraction of sp³-hybridized carbons (Fsp3) is 0.905. The topological polar surface area (TPSA) is 107 Å². The van der Waals surface area contributed by atoms with Crippen molar-refractivity contribution in [2.45, 2.75) is 109 Å². The third-order valence-electron chi connectivity index (χ3n) is 4.80. The Morgan fingerprint density at radius 2 is 1.29 bits per heavy atom. The summed E-state index contributed by atoms with van der Waals surface area (Å²) in [4.78, 5) is 9.52. The highest BCUT2D eigenvalue weighted by Crippen LogP contribution is 2.47. The zero-order valence-corrected chi connectivity index (χ0v) is 18.6. The second kappa shape index (κ2) is 18.8. The Bertz CT molecular complexity index is 416. The minimum absolute atomic E-state index is 0.0597. The van der Waals surface area contributed by atoms with Crippen molar-refractivity contribution in [3.05, 3.63) is 12.2 Å². The van der Waals surface area contributed by atoms with Gasteiger partial charge in [0.1, 0.15) is 6.10 Å². The molecule has 2 unspecified atom stereocenters. The summed E-state index contributed by atoms with van der Waals surface area (Å²) < 4.78 is 16.5. The fourth-order valence-electron chi connectivity index (χ4n) is 2.93. The minimum Gasteiger partial charge on any atom is -0.394 e. The van der Waals surface area contributed by atoms with E-state index in [1.807, 2.05) is 0 Å². The smallest absolute Gasteiger partial charge is 0.359 e. The molecule has 7 heteroatoms. The first-order chi connectivity index (χ1) is 13.5. The predicted octanol–water partition coefficient (Wildman–Crippen LogP) is 4.90. The molecular weight excluding hydrogens is 379 g/mol. The van der Waals surface area contributed by atoms with Gasteiger partial charge in [-0.15, -0.1) is 0 Å². The van der Waals surface area contributed by atoms with Gasteiger partial charge in [-0.2, -0.15) is 0 Å². The van der Waals surface area contributed by atoms with E-state index in [9.17, 15) is 19.7 Å². The molecule has 0 amide bonds. The lowest BCUT2D eigenvalue weighted by molar-refractivity contribution is 0.00964. The Labute approximate surface area is 171 Å². The zero-order valence-electron chi connectivity index (χ0n) is 17.7. The lowest BCUT2D eigenvalue weighted by atomic mass is 10.1. The zero-order chi connectivity index (χ0) is 21.1. The number of rotatable bonds is 20. The average Bonchev–Trinajstić information content (AvgIpc) is 2.69. The number of aliphatic hydroxyl groups is 3. The summed E-state index contributed by atoms with van der Waals surface area (Å²) in [6, 6.07) is 0. The Hall–Kier alpha value is -0.230. The van der Waals surface area contributed by atoms with Crippen molar-refractivity contribution in [3.8, 4) is 0 Å². The van der Waals surface area contributed by atoms with E-state index in [1.165, 1.54) is 57.8 Å². The molecule has 0 aromatic heterocycles. The van der Waals surface area contributed by atoms with E-state index in [0.29, 0.717) is 6.42 Å². The summed E-state index contributed by atoms with van der Waals surface area (Å²) in [5, 5.41) is 27.3. The molecule has 0 aromatic rings. The molecule has 0 aliphatic carbocycles. The SMILES string of the molecule is CCCCCCCC/C=C\CCCCCCCCOP(=O)(O)C(O)[C@@H](O)CO. The molecule has 0 spiro atoms. The Balaban J connectivity index is 3.42. The van der Waals surface area contributed by atoms with Crippen molar-refractivity contribution in [1.29, 1.82) is 0 Å². The Kier molecular flexibility index (Phi) is 18.6. The molecular formula is C21H43O6P. The van der Waals surface area contributed by atoms with Crippen LogP contribution in [0.1, 0.15) is 96.8 Å².